The number of aryl methyl sites for hydroxylation is 1. The summed E-state index contributed by atoms with van der Waals surface area (Å²) >= 11 is 6.61. The second-order valence-electron chi connectivity index (χ2n) is 5.24. The Morgan fingerprint density at radius 3 is 2.62 bits per heavy atom. The molecule has 0 aliphatic heterocycles. The van der Waals surface area contributed by atoms with Crippen LogP contribution < -0.4 is 10.6 Å². The van der Waals surface area contributed by atoms with Gasteiger partial charge in [0.05, 0.1) is 0 Å². The first kappa shape index (κ1) is 18.2. The van der Waals surface area contributed by atoms with E-state index in [4.69, 9.17) is 12.2 Å². The predicted molar refractivity (Wildman–Crippen MR) is 102 cm³/mol. The van der Waals surface area contributed by atoms with Crippen LogP contribution in [0.2, 0.25) is 0 Å². The van der Waals surface area contributed by atoms with Gasteiger partial charge < -0.3 is 10.6 Å². The van der Waals surface area contributed by atoms with E-state index in [2.05, 4.69) is 30.6 Å². The molecular weight excluding hydrogens is 371 g/mol. The minimum Gasteiger partial charge on any atom is -0.358 e. The van der Waals surface area contributed by atoms with E-state index in [-0.39, 0.29) is 5.82 Å². The van der Waals surface area contributed by atoms with Crippen LogP contribution in [0.15, 0.2) is 59.0 Å². The summed E-state index contributed by atoms with van der Waals surface area (Å²) in [6.45, 7) is 2.34. The van der Waals surface area contributed by atoms with Crippen LogP contribution in [0.1, 0.15) is 11.3 Å². The molecular formula is C17H15FN6S2. The Morgan fingerprint density at radius 2 is 1.88 bits per heavy atom. The highest BCUT2D eigenvalue weighted by Crippen LogP contribution is 2.23. The fourth-order valence-corrected chi connectivity index (χ4v) is 2.95. The lowest BCUT2D eigenvalue weighted by Crippen LogP contribution is -2.28. The molecule has 0 aliphatic carbocycles. The van der Waals surface area contributed by atoms with Gasteiger partial charge in [0.2, 0.25) is 5.95 Å². The second-order valence-corrected chi connectivity index (χ2v) is 6.63. The second kappa shape index (κ2) is 8.63. The summed E-state index contributed by atoms with van der Waals surface area (Å²) in [5.74, 6) is 0.120. The van der Waals surface area contributed by atoms with Crippen molar-refractivity contribution in [2.75, 3.05) is 5.32 Å². The van der Waals surface area contributed by atoms with Gasteiger partial charge in [-0.05, 0) is 60.7 Å². The van der Waals surface area contributed by atoms with Gasteiger partial charge in [-0.2, -0.15) is 0 Å². The Balaban J connectivity index is 1.61. The van der Waals surface area contributed by atoms with Gasteiger partial charge in [0.1, 0.15) is 10.8 Å². The topological polar surface area (TPSA) is 75.6 Å². The number of nitrogens with zero attached hydrogens (tertiary/aromatic N) is 4. The first-order valence-corrected chi connectivity index (χ1v) is 8.91. The van der Waals surface area contributed by atoms with Crippen LogP contribution in [0.25, 0.3) is 0 Å². The number of rotatable bonds is 5. The molecule has 9 heteroatoms. The van der Waals surface area contributed by atoms with Gasteiger partial charge in [-0.25, -0.2) is 24.3 Å². The molecule has 3 aromatic rings. The van der Waals surface area contributed by atoms with Crippen molar-refractivity contribution in [1.29, 1.82) is 0 Å². The number of hydrogen-bond acceptors (Lipinski definition) is 6. The zero-order valence-corrected chi connectivity index (χ0v) is 15.4. The van der Waals surface area contributed by atoms with Crippen molar-refractivity contribution in [2.24, 2.45) is 0 Å². The number of aromatic nitrogens is 4. The monoisotopic (exact) mass is 386 g/mol. The maximum atomic E-state index is 12.9. The number of thiocarbonyl (C=S) groups is 1. The third-order valence-electron chi connectivity index (χ3n) is 3.16. The fourth-order valence-electron chi connectivity index (χ4n) is 2.01. The molecule has 0 aliphatic rings. The largest absolute Gasteiger partial charge is 0.358 e. The summed E-state index contributed by atoms with van der Waals surface area (Å²) in [6, 6.07) is 9.82. The maximum Gasteiger partial charge on any atom is 0.230 e. The van der Waals surface area contributed by atoms with E-state index in [1.54, 1.807) is 30.6 Å². The maximum absolute atomic E-state index is 12.9. The van der Waals surface area contributed by atoms with Crippen molar-refractivity contribution in [2.45, 2.75) is 23.7 Å². The lowest BCUT2D eigenvalue weighted by Gasteiger charge is -2.10. The zero-order valence-electron chi connectivity index (χ0n) is 13.8. The Hall–Kier alpha value is -2.65. The van der Waals surface area contributed by atoms with Gasteiger partial charge in [-0.15, -0.1) is 0 Å². The molecule has 0 saturated carbocycles. The van der Waals surface area contributed by atoms with Crippen molar-refractivity contribution >= 4 is 35.0 Å². The number of benzene rings is 1. The van der Waals surface area contributed by atoms with Crippen LogP contribution in [0.5, 0.6) is 0 Å². The number of hydrogen-bond donors (Lipinski definition) is 2. The van der Waals surface area contributed by atoms with Gasteiger partial charge in [0.25, 0.3) is 0 Å². The first-order chi connectivity index (χ1) is 12.6. The molecule has 26 heavy (non-hydrogen) atoms. The van der Waals surface area contributed by atoms with Crippen molar-refractivity contribution in [3.63, 3.8) is 0 Å². The molecule has 0 bridgehead atoms. The normalized spacial score (nSPS) is 10.4. The standard InChI is InChI=1S/C17H15FN6S2/c1-11-9-14(26-17-19-7-2-8-20-17)23-15(22-11)24-16(25)21-10-12-3-5-13(18)6-4-12/h2-9H,10H2,1H3,(H2,21,22,23,24,25). The molecule has 1 aromatic carbocycles. The van der Waals surface area contributed by atoms with E-state index in [1.165, 1.54) is 23.9 Å². The smallest absolute Gasteiger partial charge is 0.230 e. The molecule has 6 nitrogen and oxygen atoms in total. The number of halogens is 1. The first-order valence-electron chi connectivity index (χ1n) is 7.68. The fraction of sp³-hybridized carbons (Fsp3) is 0.118. The molecule has 2 heterocycles. The van der Waals surface area contributed by atoms with E-state index < -0.39 is 0 Å². The molecule has 0 saturated heterocycles. The highest BCUT2D eigenvalue weighted by Gasteiger charge is 2.07. The molecule has 2 aromatic heterocycles. The summed E-state index contributed by atoms with van der Waals surface area (Å²) in [4.78, 5) is 17.1. The molecule has 0 fully saturated rings. The van der Waals surface area contributed by atoms with E-state index in [0.717, 1.165) is 11.3 Å². The van der Waals surface area contributed by atoms with Crippen LogP contribution in [-0.2, 0) is 6.54 Å². The Labute approximate surface area is 159 Å². The third-order valence-corrected chi connectivity index (χ3v) is 4.22. The van der Waals surface area contributed by atoms with Crippen molar-refractivity contribution in [3.8, 4) is 0 Å². The molecule has 132 valence electrons. The average molecular weight is 386 g/mol. The van der Waals surface area contributed by atoms with Crippen LogP contribution >= 0.6 is 24.0 Å². The molecule has 0 radical (unpaired) electrons. The van der Waals surface area contributed by atoms with Crippen LogP contribution in [0.3, 0.4) is 0 Å². The average Bonchev–Trinajstić information content (AvgIpc) is 2.61. The minimum absolute atomic E-state index is 0.268. The lowest BCUT2D eigenvalue weighted by molar-refractivity contribution is 0.627. The Kier molecular flexibility index (Phi) is 6.03. The SMILES string of the molecule is Cc1cc(Sc2ncccn2)nc(NC(=S)NCc2ccc(F)cc2)n1. The van der Waals surface area contributed by atoms with E-state index in [0.29, 0.717) is 27.8 Å². The highest BCUT2D eigenvalue weighted by atomic mass is 32.2. The van der Waals surface area contributed by atoms with Crippen molar-refractivity contribution in [1.82, 2.24) is 25.3 Å². The number of nitrogens with one attached hydrogen (secondary N) is 2. The molecule has 0 amide bonds. The quantitative estimate of drug-likeness (QED) is 0.393. The molecule has 0 atom stereocenters. The van der Waals surface area contributed by atoms with E-state index in [1.807, 2.05) is 13.0 Å². The highest BCUT2D eigenvalue weighted by molar-refractivity contribution is 7.99. The van der Waals surface area contributed by atoms with Gasteiger partial charge in [-0.1, -0.05) is 12.1 Å². The van der Waals surface area contributed by atoms with Gasteiger partial charge in [-0.3, -0.25) is 0 Å². The van der Waals surface area contributed by atoms with Crippen LogP contribution in [0.4, 0.5) is 10.3 Å². The molecule has 0 unspecified atom stereocenters. The third kappa shape index (κ3) is 5.43. The summed E-state index contributed by atoms with van der Waals surface area (Å²) in [6.07, 6.45) is 3.36. The summed E-state index contributed by atoms with van der Waals surface area (Å²) in [7, 11) is 0. The summed E-state index contributed by atoms with van der Waals surface area (Å²) < 4.78 is 12.9. The minimum atomic E-state index is -0.268. The van der Waals surface area contributed by atoms with Gasteiger partial charge >= 0.3 is 0 Å². The van der Waals surface area contributed by atoms with Crippen LogP contribution in [-0.4, -0.2) is 25.0 Å². The van der Waals surface area contributed by atoms with Gasteiger partial charge in [0.15, 0.2) is 10.3 Å². The molecule has 3 rings (SSSR count). The van der Waals surface area contributed by atoms with E-state index in [9.17, 15) is 4.39 Å². The summed E-state index contributed by atoms with van der Waals surface area (Å²) in [5, 5.41) is 7.70. The summed E-state index contributed by atoms with van der Waals surface area (Å²) in [5.41, 5.74) is 1.71. The van der Waals surface area contributed by atoms with Gasteiger partial charge in [0, 0.05) is 24.6 Å². The number of anilines is 1. The Morgan fingerprint density at radius 1 is 1.15 bits per heavy atom. The molecule has 0 spiro atoms. The Bertz CT molecular complexity index is 890. The van der Waals surface area contributed by atoms with Crippen molar-refractivity contribution in [3.05, 3.63) is 65.9 Å². The van der Waals surface area contributed by atoms with Crippen molar-refractivity contribution < 1.29 is 4.39 Å². The lowest BCUT2D eigenvalue weighted by atomic mass is 10.2. The molecule has 2 N–H and O–H groups in total. The van der Waals surface area contributed by atoms with E-state index >= 15 is 0 Å². The predicted octanol–water partition coefficient (Wildman–Crippen LogP) is 3.35. The zero-order chi connectivity index (χ0) is 18.4. The van der Waals surface area contributed by atoms with Crippen LogP contribution in [0, 0.1) is 12.7 Å².